The molecule has 0 spiro atoms. The van der Waals surface area contributed by atoms with E-state index >= 15 is 0 Å². The van der Waals surface area contributed by atoms with Crippen molar-refractivity contribution >= 4 is 5.97 Å². The number of allylic oxidation sites excluding steroid dienone is 4. The van der Waals surface area contributed by atoms with Gasteiger partial charge in [-0.15, -0.1) is 0 Å². The average molecular weight is 188 g/mol. The molecule has 2 bridgehead atoms. The summed E-state index contributed by atoms with van der Waals surface area (Å²) in [6.07, 6.45) is 9.15. The van der Waals surface area contributed by atoms with Gasteiger partial charge in [0.05, 0.1) is 12.5 Å². The molecule has 2 fully saturated rings. The summed E-state index contributed by atoms with van der Waals surface area (Å²) in [4.78, 5) is 11.6. The molecule has 14 heavy (non-hydrogen) atoms. The van der Waals surface area contributed by atoms with Crippen molar-refractivity contribution in [3.63, 3.8) is 0 Å². The van der Waals surface area contributed by atoms with Gasteiger partial charge >= 0.3 is 5.97 Å². The van der Waals surface area contributed by atoms with E-state index in [-0.39, 0.29) is 11.9 Å². The van der Waals surface area contributed by atoms with Crippen LogP contribution >= 0.6 is 0 Å². The summed E-state index contributed by atoms with van der Waals surface area (Å²) in [6.45, 7) is 0.659. The second kappa shape index (κ2) is 2.13. The fraction of sp³-hybridized carbons (Fsp3) is 0.583. The van der Waals surface area contributed by atoms with Crippen molar-refractivity contribution in [2.75, 3.05) is 6.61 Å². The topological polar surface area (TPSA) is 26.3 Å². The summed E-state index contributed by atoms with van der Waals surface area (Å²) >= 11 is 0. The van der Waals surface area contributed by atoms with Gasteiger partial charge in [-0.25, -0.2) is 0 Å². The highest BCUT2D eigenvalue weighted by atomic mass is 16.5. The van der Waals surface area contributed by atoms with Crippen LogP contribution in [-0.2, 0) is 9.53 Å². The van der Waals surface area contributed by atoms with E-state index in [1.54, 1.807) is 0 Å². The van der Waals surface area contributed by atoms with Gasteiger partial charge in [0, 0.05) is 5.92 Å². The summed E-state index contributed by atoms with van der Waals surface area (Å²) < 4.78 is 5.20. The van der Waals surface area contributed by atoms with E-state index in [2.05, 4.69) is 24.3 Å². The van der Waals surface area contributed by atoms with E-state index in [9.17, 15) is 4.79 Å². The highest BCUT2D eigenvalue weighted by Crippen LogP contribution is 2.57. The Labute approximate surface area is 82.6 Å². The zero-order chi connectivity index (χ0) is 9.28. The number of rotatable bonds is 0. The minimum absolute atomic E-state index is 0.0492. The molecule has 5 rings (SSSR count). The van der Waals surface area contributed by atoms with Crippen LogP contribution in [0.5, 0.6) is 0 Å². The molecule has 0 unspecified atom stereocenters. The normalized spacial score (nSPS) is 56.4. The van der Waals surface area contributed by atoms with Gasteiger partial charge in [0.15, 0.2) is 0 Å². The summed E-state index contributed by atoms with van der Waals surface area (Å²) in [7, 11) is 0. The van der Waals surface area contributed by atoms with Crippen LogP contribution in [0.2, 0.25) is 0 Å². The average Bonchev–Trinajstić information content (AvgIpc) is 2.50. The number of hydrogen-bond donors (Lipinski definition) is 0. The second-order valence-electron chi connectivity index (χ2n) is 4.90. The molecule has 2 nitrogen and oxygen atoms in total. The fourth-order valence-corrected chi connectivity index (χ4v) is 3.78. The first kappa shape index (κ1) is 7.27. The number of esters is 1. The zero-order valence-corrected chi connectivity index (χ0v) is 7.80. The van der Waals surface area contributed by atoms with Crippen molar-refractivity contribution in [1.29, 1.82) is 0 Å². The fourth-order valence-electron chi connectivity index (χ4n) is 3.78. The minimum Gasteiger partial charge on any atom is -0.465 e. The van der Waals surface area contributed by atoms with Crippen LogP contribution in [0.3, 0.4) is 0 Å². The first-order valence-electron chi connectivity index (χ1n) is 5.39. The summed E-state index contributed by atoms with van der Waals surface area (Å²) in [5.74, 6) is 3.06. The predicted molar refractivity (Wildman–Crippen MR) is 50.2 cm³/mol. The van der Waals surface area contributed by atoms with E-state index in [1.807, 2.05) is 0 Å². The largest absolute Gasteiger partial charge is 0.465 e. The molecule has 5 aliphatic rings. The van der Waals surface area contributed by atoms with Gasteiger partial charge in [-0.05, 0) is 23.7 Å². The summed E-state index contributed by atoms with van der Waals surface area (Å²) in [5, 5.41) is 0. The van der Waals surface area contributed by atoms with Gasteiger partial charge in [0.1, 0.15) is 0 Å². The van der Waals surface area contributed by atoms with Gasteiger partial charge < -0.3 is 4.74 Å². The highest BCUT2D eigenvalue weighted by Gasteiger charge is 2.58. The molecule has 0 aromatic rings. The molecule has 1 saturated heterocycles. The zero-order valence-electron chi connectivity index (χ0n) is 7.80. The van der Waals surface area contributed by atoms with Gasteiger partial charge in [-0.2, -0.15) is 0 Å². The van der Waals surface area contributed by atoms with E-state index < -0.39 is 0 Å². The Morgan fingerprint density at radius 3 is 2.43 bits per heavy atom. The maximum atomic E-state index is 11.6. The second-order valence-corrected chi connectivity index (χ2v) is 4.90. The third kappa shape index (κ3) is 0.616. The predicted octanol–water partition coefficient (Wildman–Crippen LogP) is 1.39. The van der Waals surface area contributed by atoms with Crippen LogP contribution < -0.4 is 0 Å². The SMILES string of the molecule is O=C1OC[C@H]2[C@H]3C=C[C@H]([C@@H]4C=C[C@@H]43)[C@@H]12. The van der Waals surface area contributed by atoms with E-state index in [0.29, 0.717) is 36.2 Å². The highest BCUT2D eigenvalue weighted by molar-refractivity contribution is 5.76. The number of carbonyl (C=O) groups excluding carboxylic acids is 1. The monoisotopic (exact) mass is 188 g/mol. The Bertz CT molecular complexity index is 369. The molecule has 0 aromatic heterocycles. The van der Waals surface area contributed by atoms with Crippen molar-refractivity contribution < 1.29 is 9.53 Å². The lowest BCUT2D eigenvalue weighted by Crippen LogP contribution is -2.50. The molecule has 6 atom stereocenters. The van der Waals surface area contributed by atoms with Crippen LogP contribution in [-0.4, -0.2) is 12.6 Å². The van der Waals surface area contributed by atoms with Crippen molar-refractivity contribution in [2.45, 2.75) is 0 Å². The van der Waals surface area contributed by atoms with Crippen molar-refractivity contribution in [3.05, 3.63) is 24.3 Å². The van der Waals surface area contributed by atoms with E-state index in [4.69, 9.17) is 4.74 Å². The third-order valence-corrected chi connectivity index (χ3v) is 4.50. The Morgan fingerprint density at radius 2 is 1.64 bits per heavy atom. The summed E-state index contributed by atoms with van der Waals surface area (Å²) in [6, 6.07) is 0. The van der Waals surface area contributed by atoms with Crippen molar-refractivity contribution in [2.24, 2.45) is 35.5 Å². The van der Waals surface area contributed by atoms with Crippen molar-refractivity contribution in [1.82, 2.24) is 0 Å². The molecule has 0 aromatic carbocycles. The Kier molecular flexibility index (Phi) is 1.10. The molecule has 2 heteroatoms. The molecule has 1 saturated carbocycles. The number of hydrogen-bond acceptors (Lipinski definition) is 2. The molecule has 1 aliphatic heterocycles. The van der Waals surface area contributed by atoms with E-state index in [1.165, 1.54) is 0 Å². The van der Waals surface area contributed by atoms with E-state index in [0.717, 1.165) is 0 Å². The lowest BCUT2D eigenvalue weighted by Gasteiger charge is -2.51. The van der Waals surface area contributed by atoms with Gasteiger partial charge in [0.25, 0.3) is 0 Å². The number of cyclic esters (lactones) is 1. The lowest BCUT2D eigenvalue weighted by atomic mass is 9.50. The van der Waals surface area contributed by atoms with Crippen LogP contribution in [0.1, 0.15) is 0 Å². The van der Waals surface area contributed by atoms with Gasteiger partial charge in [-0.1, -0.05) is 24.3 Å². The van der Waals surface area contributed by atoms with Crippen LogP contribution in [0.4, 0.5) is 0 Å². The smallest absolute Gasteiger partial charge is 0.310 e. The molecule has 0 N–H and O–H groups in total. The molecule has 4 aliphatic carbocycles. The van der Waals surface area contributed by atoms with Crippen LogP contribution in [0.25, 0.3) is 0 Å². The van der Waals surface area contributed by atoms with Gasteiger partial charge in [0.2, 0.25) is 0 Å². The standard InChI is InChI=1S/C12H12O2/c13-12-11-9-4-3-8(10(11)5-14-12)6-1-2-7(6)9/h1-4,6-11H,5H2/t6-,7+,8-,9+,10-,11+/m0/s1. The first-order valence-corrected chi connectivity index (χ1v) is 5.39. The number of ether oxygens (including phenoxy) is 1. The first-order chi connectivity index (χ1) is 6.86. The third-order valence-electron chi connectivity index (χ3n) is 4.50. The molecule has 72 valence electrons. The molecule has 0 amide bonds. The summed E-state index contributed by atoms with van der Waals surface area (Å²) in [5.41, 5.74) is 0. The molecular formula is C12H12O2. The maximum Gasteiger partial charge on any atom is 0.310 e. The lowest BCUT2D eigenvalue weighted by molar-refractivity contribution is -0.143. The Balaban J connectivity index is 1.85. The van der Waals surface area contributed by atoms with Crippen LogP contribution in [0.15, 0.2) is 24.3 Å². The van der Waals surface area contributed by atoms with Gasteiger partial charge in [-0.3, -0.25) is 4.79 Å². The maximum absolute atomic E-state index is 11.6. The Morgan fingerprint density at radius 1 is 1.00 bits per heavy atom. The Hall–Kier alpha value is -1.05. The molecule has 1 heterocycles. The number of carbonyl (C=O) groups is 1. The van der Waals surface area contributed by atoms with Crippen LogP contribution in [0, 0.1) is 35.5 Å². The minimum atomic E-state index is 0.0492. The van der Waals surface area contributed by atoms with Crippen molar-refractivity contribution in [3.8, 4) is 0 Å². The molecule has 0 radical (unpaired) electrons. The molecular weight excluding hydrogens is 176 g/mol. The quantitative estimate of drug-likeness (QED) is 0.424.